The highest BCUT2D eigenvalue weighted by Crippen LogP contribution is 2.24. The van der Waals surface area contributed by atoms with Crippen molar-refractivity contribution in [3.05, 3.63) is 23.8 Å². The number of aryl methyl sites for hydroxylation is 1. The second-order valence-electron chi connectivity index (χ2n) is 7.00. The lowest BCUT2D eigenvalue weighted by atomic mass is 10.2. The summed E-state index contributed by atoms with van der Waals surface area (Å²) in [4.78, 5) is 23.7. The number of benzene rings is 1. The van der Waals surface area contributed by atoms with Crippen molar-refractivity contribution in [3.8, 4) is 0 Å². The van der Waals surface area contributed by atoms with Crippen molar-refractivity contribution in [1.82, 2.24) is 14.9 Å². The number of carbonyl (C=O) groups excluding carboxylic acids is 2. The van der Waals surface area contributed by atoms with Crippen LogP contribution in [0.25, 0.3) is 0 Å². The number of imide groups is 1. The van der Waals surface area contributed by atoms with Crippen molar-refractivity contribution >= 4 is 27.6 Å². The maximum Gasteiger partial charge on any atom is 0.321 e. The maximum atomic E-state index is 12.9. The molecule has 0 unspecified atom stereocenters. The first-order valence-electron chi connectivity index (χ1n) is 9.20. The summed E-state index contributed by atoms with van der Waals surface area (Å²) in [7, 11) is -3.64. The molecule has 1 aliphatic rings. The van der Waals surface area contributed by atoms with E-state index < -0.39 is 22.0 Å². The maximum absolute atomic E-state index is 12.9. The van der Waals surface area contributed by atoms with E-state index in [0.717, 1.165) is 0 Å². The van der Waals surface area contributed by atoms with Gasteiger partial charge in [0.25, 0.3) is 0 Å². The molecule has 3 amide bonds. The third-order valence-electron chi connectivity index (χ3n) is 4.15. The van der Waals surface area contributed by atoms with Crippen molar-refractivity contribution in [2.24, 2.45) is 5.92 Å². The number of nitrogens with zero attached hydrogens (tertiary/aromatic N) is 1. The van der Waals surface area contributed by atoms with Crippen LogP contribution in [-0.4, -0.2) is 64.1 Å². The van der Waals surface area contributed by atoms with Crippen LogP contribution in [0.4, 0.5) is 10.5 Å². The summed E-state index contributed by atoms with van der Waals surface area (Å²) in [5.41, 5.74) is 1.10. The standard InChI is InChI=1S/C18H28N4O5S/c1-13(2)11-20-18(24)21-17(23)12-19-15-5-4-14(3)16(10-15)28(25,26)22-6-8-27-9-7-22/h4-5,10,13,19H,6-9,11-12H2,1-3H3,(H2,20,21,23,24). The van der Waals surface area contributed by atoms with Crippen molar-refractivity contribution in [2.45, 2.75) is 25.7 Å². The Labute approximate surface area is 165 Å². The summed E-state index contributed by atoms with van der Waals surface area (Å²) in [6.45, 7) is 7.30. The molecule has 0 radical (unpaired) electrons. The molecule has 2 rings (SSSR count). The molecule has 0 spiro atoms. The lowest BCUT2D eigenvalue weighted by Crippen LogP contribution is -2.43. The molecule has 0 saturated carbocycles. The van der Waals surface area contributed by atoms with Gasteiger partial charge in [0.2, 0.25) is 15.9 Å². The van der Waals surface area contributed by atoms with Gasteiger partial charge in [0.15, 0.2) is 0 Å². The highest BCUT2D eigenvalue weighted by molar-refractivity contribution is 7.89. The van der Waals surface area contributed by atoms with Gasteiger partial charge < -0.3 is 15.4 Å². The van der Waals surface area contributed by atoms with Gasteiger partial charge in [0, 0.05) is 25.3 Å². The van der Waals surface area contributed by atoms with E-state index in [2.05, 4.69) is 16.0 Å². The molecule has 156 valence electrons. The summed E-state index contributed by atoms with van der Waals surface area (Å²) in [5, 5.41) is 7.67. The fraction of sp³-hybridized carbons (Fsp3) is 0.556. The number of morpholine rings is 1. The van der Waals surface area contributed by atoms with Crippen LogP contribution in [0.2, 0.25) is 0 Å². The molecule has 1 saturated heterocycles. The van der Waals surface area contributed by atoms with E-state index in [1.807, 2.05) is 13.8 Å². The fourth-order valence-corrected chi connectivity index (χ4v) is 4.27. The highest BCUT2D eigenvalue weighted by atomic mass is 32.2. The molecule has 1 aromatic rings. The van der Waals surface area contributed by atoms with Crippen LogP contribution < -0.4 is 16.0 Å². The molecule has 0 aliphatic carbocycles. The fourth-order valence-electron chi connectivity index (χ4n) is 2.61. The number of rotatable bonds is 7. The Balaban J connectivity index is 1.99. The van der Waals surface area contributed by atoms with Crippen molar-refractivity contribution in [2.75, 3.05) is 44.7 Å². The number of nitrogens with one attached hydrogen (secondary N) is 3. The summed E-state index contributed by atoms with van der Waals surface area (Å²) >= 11 is 0. The number of anilines is 1. The minimum Gasteiger partial charge on any atom is -0.379 e. The summed E-state index contributed by atoms with van der Waals surface area (Å²) in [6, 6.07) is 4.33. The molecule has 1 fully saturated rings. The zero-order valence-electron chi connectivity index (χ0n) is 16.4. The van der Waals surface area contributed by atoms with E-state index in [-0.39, 0.29) is 17.4 Å². The van der Waals surface area contributed by atoms with Gasteiger partial charge in [-0.3, -0.25) is 10.1 Å². The van der Waals surface area contributed by atoms with Gasteiger partial charge in [-0.15, -0.1) is 0 Å². The third kappa shape index (κ3) is 6.18. The first kappa shape index (κ1) is 22.1. The van der Waals surface area contributed by atoms with E-state index in [9.17, 15) is 18.0 Å². The number of urea groups is 1. The first-order valence-corrected chi connectivity index (χ1v) is 10.6. The quantitative estimate of drug-likeness (QED) is 0.613. The Bertz CT molecular complexity index is 804. The summed E-state index contributed by atoms with van der Waals surface area (Å²) in [6.07, 6.45) is 0. The second-order valence-corrected chi connectivity index (χ2v) is 8.91. The number of ether oxygens (including phenoxy) is 1. The summed E-state index contributed by atoms with van der Waals surface area (Å²) < 4.78 is 32.4. The van der Waals surface area contributed by atoms with Gasteiger partial charge >= 0.3 is 6.03 Å². The number of hydrogen-bond donors (Lipinski definition) is 3. The minimum atomic E-state index is -3.64. The van der Waals surface area contributed by atoms with E-state index in [0.29, 0.717) is 44.1 Å². The average molecular weight is 413 g/mol. The van der Waals surface area contributed by atoms with Gasteiger partial charge in [-0.05, 0) is 30.5 Å². The minimum absolute atomic E-state index is 0.158. The Kier molecular flexibility index (Phi) is 7.78. The molecular weight excluding hydrogens is 384 g/mol. The molecule has 9 nitrogen and oxygen atoms in total. The predicted octanol–water partition coefficient (Wildman–Crippen LogP) is 0.910. The molecule has 0 bridgehead atoms. The van der Waals surface area contributed by atoms with Gasteiger partial charge in [-0.1, -0.05) is 19.9 Å². The van der Waals surface area contributed by atoms with Crippen molar-refractivity contribution in [3.63, 3.8) is 0 Å². The van der Waals surface area contributed by atoms with Crippen LogP contribution in [0, 0.1) is 12.8 Å². The number of sulfonamides is 1. The average Bonchev–Trinajstić information content (AvgIpc) is 2.66. The van der Waals surface area contributed by atoms with Gasteiger partial charge in [-0.25, -0.2) is 13.2 Å². The van der Waals surface area contributed by atoms with Gasteiger partial charge in [0.1, 0.15) is 0 Å². The summed E-state index contributed by atoms with van der Waals surface area (Å²) in [5.74, 6) is -0.238. The Morgan fingerprint density at radius 3 is 2.54 bits per heavy atom. The zero-order chi connectivity index (χ0) is 20.7. The normalized spacial score (nSPS) is 15.3. The van der Waals surface area contributed by atoms with Crippen molar-refractivity contribution in [1.29, 1.82) is 0 Å². The number of amides is 3. The largest absolute Gasteiger partial charge is 0.379 e. The molecule has 1 aromatic carbocycles. The van der Waals surface area contributed by atoms with E-state index in [1.165, 1.54) is 10.4 Å². The molecular formula is C18H28N4O5S. The topological polar surface area (TPSA) is 117 Å². The lowest BCUT2D eigenvalue weighted by molar-refractivity contribution is -0.118. The smallest absolute Gasteiger partial charge is 0.321 e. The van der Waals surface area contributed by atoms with Crippen LogP contribution in [-0.2, 0) is 19.6 Å². The van der Waals surface area contributed by atoms with Crippen LogP contribution >= 0.6 is 0 Å². The highest BCUT2D eigenvalue weighted by Gasteiger charge is 2.28. The SMILES string of the molecule is Cc1ccc(NCC(=O)NC(=O)NCC(C)C)cc1S(=O)(=O)N1CCOCC1. The van der Waals surface area contributed by atoms with Crippen LogP contribution in [0.5, 0.6) is 0 Å². The Morgan fingerprint density at radius 2 is 1.89 bits per heavy atom. The lowest BCUT2D eigenvalue weighted by Gasteiger charge is -2.26. The van der Waals surface area contributed by atoms with Gasteiger partial charge in [0.05, 0.1) is 24.7 Å². The van der Waals surface area contributed by atoms with E-state index in [4.69, 9.17) is 4.74 Å². The molecule has 28 heavy (non-hydrogen) atoms. The molecule has 1 aliphatic heterocycles. The van der Waals surface area contributed by atoms with Crippen LogP contribution in [0.1, 0.15) is 19.4 Å². The molecule has 0 aromatic heterocycles. The Hall–Kier alpha value is -2.17. The van der Waals surface area contributed by atoms with Crippen LogP contribution in [0.3, 0.4) is 0 Å². The molecule has 10 heteroatoms. The van der Waals surface area contributed by atoms with Crippen molar-refractivity contribution < 1.29 is 22.7 Å². The number of hydrogen-bond acceptors (Lipinski definition) is 6. The van der Waals surface area contributed by atoms with E-state index in [1.54, 1.807) is 19.1 Å². The first-order chi connectivity index (χ1) is 13.2. The van der Waals surface area contributed by atoms with Crippen LogP contribution in [0.15, 0.2) is 23.1 Å². The zero-order valence-corrected chi connectivity index (χ0v) is 17.3. The molecule has 0 atom stereocenters. The monoisotopic (exact) mass is 412 g/mol. The Morgan fingerprint density at radius 1 is 1.21 bits per heavy atom. The van der Waals surface area contributed by atoms with Gasteiger partial charge in [-0.2, -0.15) is 4.31 Å². The second kappa shape index (κ2) is 9.85. The van der Waals surface area contributed by atoms with E-state index >= 15 is 0 Å². The third-order valence-corrected chi connectivity index (χ3v) is 6.19. The molecule has 1 heterocycles. The molecule has 3 N–H and O–H groups in total. The predicted molar refractivity (Wildman–Crippen MR) is 106 cm³/mol. The number of carbonyl (C=O) groups is 2.